The largest absolute Gasteiger partial charge is 0.474 e. The number of nitrogens with one attached hydrogen (secondary N) is 3. The van der Waals surface area contributed by atoms with E-state index in [2.05, 4.69) is 85.4 Å². The maximum absolute atomic E-state index is 15.3. The number of pyridine rings is 1. The zero-order chi connectivity index (χ0) is 44.9. The van der Waals surface area contributed by atoms with Gasteiger partial charge < -0.3 is 34.5 Å². The van der Waals surface area contributed by atoms with Crippen molar-refractivity contribution in [3.8, 4) is 17.0 Å². The van der Waals surface area contributed by atoms with E-state index in [4.69, 9.17) is 9.47 Å². The summed E-state index contributed by atoms with van der Waals surface area (Å²) in [6, 6.07) is 29.7. The number of aromatic amines is 1. The van der Waals surface area contributed by atoms with E-state index >= 15 is 4.39 Å². The summed E-state index contributed by atoms with van der Waals surface area (Å²) in [5.41, 5.74) is 5.04. The molecule has 10 rings (SSSR count). The number of hydrogen-bond acceptors (Lipinski definition) is 12. The number of fused-ring (bicyclic) bond motifs is 2. The zero-order valence-corrected chi connectivity index (χ0v) is 36.7. The lowest BCUT2D eigenvalue weighted by atomic mass is 9.93. The number of rotatable bonds is 12. The van der Waals surface area contributed by atoms with Crippen molar-refractivity contribution < 1.29 is 32.0 Å². The van der Waals surface area contributed by atoms with E-state index < -0.39 is 37.1 Å². The predicted octanol–water partition coefficient (Wildman–Crippen LogP) is 8.09. The van der Waals surface area contributed by atoms with Crippen LogP contribution in [0.4, 0.5) is 32.8 Å². The number of hydrogen-bond donors (Lipinski definition) is 3. The fourth-order valence-corrected chi connectivity index (χ4v) is 10.3. The fraction of sp³-hybridized carbons (Fsp3) is 0.333. The minimum atomic E-state index is -4.66. The third-order valence-electron chi connectivity index (χ3n) is 13.0. The SMILES string of the molecule is CN1CCN(c2ccc(-c3ccc(C(=O)NS(=O)(=O)c4ccc(NCC5(F)CCOCC5)c([N+](=O)[O-])c4)c(N4CCOc5nc6[nH]ccc6cc54)c3)cc2)C(c2ccccc2C2CC2)C1. The second-order valence-corrected chi connectivity index (χ2v) is 19.1. The van der Waals surface area contributed by atoms with Gasteiger partial charge in [-0.05, 0) is 96.6 Å². The number of alkyl halides is 1. The number of carbonyl (C=O) groups excluding carboxylic acids is 1. The van der Waals surface area contributed by atoms with Crippen LogP contribution in [0.15, 0.2) is 108 Å². The van der Waals surface area contributed by atoms with E-state index in [-0.39, 0.29) is 56.5 Å². The van der Waals surface area contributed by atoms with Gasteiger partial charge in [0.1, 0.15) is 29.3 Å². The number of H-pyrrole nitrogens is 1. The maximum atomic E-state index is 15.3. The molecule has 3 aliphatic heterocycles. The van der Waals surface area contributed by atoms with Crippen LogP contribution in [0, 0.1) is 10.1 Å². The lowest BCUT2D eigenvalue weighted by Gasteiger charge is -2.42. The molecule has 2 saturated heterocycles. The van der Waals surface area contributed by atoms with Crippen LogP contribution in [0.1, 0.15) is 59.1 Å². The van der Waals surface area contributed by atoms with Gasteiger partial charge in [-0.25, -0.2) is 17.5 Å². The topological polar surface area (TPSA) is 175 Å². The van der Waals surface area contributed by atoms with Crippen molar-refractivity contribution in [2.45, 2.75) is 48.2 Å². The normalized spacial score (nSPS) is 18.8. The maximum Gasteiger partial charge on any atom is 0.293 e. The van der Waals surface area contributed by atoms with Gasteiger partial charge in [0.25, 0.3) is 21.6 Å². The van der Waals surface area contributed by atoms with E-state index in [0.29, 0.717) is 35.4 Å². The molecule has 336 valence electrons. The van der Waals surface area contributed by atoms with Gasteiger partial charge in [-0.15, -0.1) is 0 Å². The Balaban J connectivity index is 0.966. The summed E-state index contributed by atoms with van der Waals surface area (Å²) in [5.74, 6) is 0.0316. The quantitative estimate of drug-likeness (QED) is 0.0797. The summed E-state index contributed by atoms with van der Waals surface area (Å²) in [4.78, 5) is 39.8. The van der Waals surface area contributed by atoms with Crippen molar-refractivity contribution in [3.63, 3.8) is 0 Å². The van der Waals surface area contributed by atoms with Crippen molar-refractivity contribution in [3.05, 3.63) is 130 Å². The fourth-order valence-electron chi connectivity index (χ4n) is 9.29. The predicted molar refractivity (Wildman–Crippen MR) is 247 cm³/mol. The van der Waals surface area contributed by atoms with Gasteiger partial charge in [0.2, 0.25) is 5.88 Å². The van der Waals surface area contributed by atoms with E-state index in [1.807, 2.05) is 23.1 Å². The van der Waals surface area contributed by atoms with Crippen LogP contribution in [0.5, 0.6) is 5.88 Å². The Morgan fingerprint density at radius 2 is 1.69 bits per heavy atom. The van der Waals surface area contributed by atoms with E-state index in [1.54, 1.807) is 18.3 Å². The van der Waals surface area contributed by atoms with Crippen LogP contribution in [-0.2, 0) is 14.8 Å². The number of nitro benzene ring substituents is 1. The van der Waals surface area contributed by atoms with E-state index in [1.165, 1.54) is 30.0 Å². The summed E-state index contributed by atoms with van der Waals surface area (Å²) in [6.07, 6.45) is 4.48. The molecule has 2 aromatic heterocycles. The van der Waals surface area contributed by atoms with Gasteiger partial charge in [0.05, 0.1) is 33.7 Å². The Morgan fingerprint density at radius 3 is 2.46 bits per heavy atom. The molecule has 0 radical (unpaired) electrons. The molecule has 3 fully saturated rings. The second kappa shape index (κ2) is 17.1. The van der Waals surface area contributed by atoms with Gasteiger partial charge in [-0.2, -0.15) is 4.98 Å². The molecule has 1 aliphatic carbocycles. The average Bonchev–Trinajstić information content (AvgIpc) is 4.07. The number of benzene rings is 4. The number of ether oxygens (including phenoxy) is 2. The average molecular weight is 901 g/mol. The van der Waals surface area contributed by atoms with Crippen LogP contribution in [0.3, 0.4) is 0 Å². The minimum absolute atomic E-state index is 0.0445. The number of sulfonamides is 1. The number of likely N-dealkylation sites (N-methyl/N-ethyl adjacent to an activating group) is 1. The van der Waals surface area contributed by atoms with Gasteiger partial charge in [0, 0.05) is 75.6 Å². The molecule has 15 nitrogen and oxygen atoms in total. The van der Waals surface area contributed by atoms with E-state index in [9.17, 15) is 23.3 Å². The van der Waals surface area contributed by atoms with Crippen molar-refractivity contribution in [2.75, 3.05) is 74.7 Å². The van der Waals surface area contributed by atoms with Crippen molar-refractivity contribution >= 4 is 55.4 Å². The van der Waals surface area contributed by atoms with Gasteiger partial charge in [-0.1, -0.05) is 42.5 Å². The number of nitro groups is 1. The molecule has 0 spiro atoms. The molecule has 1 saturated carbocycles. The van der Waals surface area contributed by atoms with Gasteiger partial charge >= 0.3 is 0 Å². The number of halogens is 1. The number of amides is 1. The summed E-state index contributed by atoms with van der Waals surface area (Å²) in [7, 11) is -2.48. The van der Waals surface area contributed by atoms with Gasteiger partial charge in [0.15, 0.2) is 0 Å². The number of carbonyl (C=O) groups is 1. The van der Waals surface area contributed by atoms with Crippen molar-refractivity contribution in [1.82, 2.24) is 19.6 Å². The standard InChI is InChI=1S/C48H49FN8O7S/c1-54-20-21-55(44(29-54)38-5-3-2-4-37(38)32-6-7-32)35-11-8-31(9-12-35)33-10-14-39(41(26-33)56-22-25-64-47-43(56)27-34-16-19-50-45(34)52-47)46(58)53-65(61,62)36-13-15-40(42(28-36)57(59)60)51-30-48(49)17-23-63-24-18-48/h2-5,8-16,19,26-28,32,44,51H,6-7,17-18,20-25,29-30H2,1H3,(H,50,52)(H,53,58). The van der Waals surface area contributed by atoms with Crippen molar-refractivity contribution in [1.29, 1.82) is 0 Å². The highest BCUT2D eigenvalue weighted by atomic mass is 32.2. The number of nitrogens with zero attached hydrogens (tertiary/aromatic N) is 5. The first-order valence-corrected chi connectivity index (χ1v) is 23.4. The second-order valence-electron chi connectivity index (χ2n) is 17.4. The molecule has 1 unspecified atom stereocenters. The smallest absolute Gasteiger partial charge is 0.293 e. The molecule has 65 heavy (non-hydrogen) atoms. The molecule has 4 aromatic carbocycles. The molecular weight excluding hydrogens is 852 g/mol. The summed E-state index contributed by atoms with van der Waals surface area (Å²) in [6.45, 7) is 3.53. The van der Waals surface area contributed by atoms with Crippen LogP contribution < -0.4 is 24.6 Å². The summed E-state index contributed by atoms with van der Waals surface area (Å²) >= 11 is 0. The lowest BCUT2D eigenvalue weighted by molar-refractivity contribution is -0.384. The van der Waals surface area contributed by atoms with Crippen LogP contribution in [-0.4, -0.2) is 99.4 Å². The molecule has 5 heterocycles. The molecule has 1 atom stereocenters. The highest BCUT2D eigenvalue weighted by Crippen LogP contribution is 2.45. The first-order chi connectivity index (χ1) is 31.4. The minimum Gasteiger partial charge on any atom is -0.474 e. The highest BCUT2D eigenvalue weighted by molar-refractivity contribution is 7.90. The molecule has 6 aromatic rings. The Bertz CT molecular complexity index is 2900. The van der Waals surface area contributed by atoms with Crippen LogP contribution in [0.25, 0.3) is 22.2 Å². The molecule has 1 amide bonds. The molecule has 3 N–H and O–H groups in total. The number of anilines is 4. The first kappa shape index (κ1) is 42.4. The molecular formula is C48H49FN8O7S. The van der Waals surface area contributed by atoms with Crippen molar-refractivity contribution in [2.24, 2.45) is 0 Å². The molecule has 17 heteroatoms. The Labute approximate surface area is 375 Å². The Hall–Kier alpha value is -6.56. The number of aromatic nitrogens is 2. The highest BCUT2D eigenvalue weighted by Gasteiger charge is 2.35. The Morgan fingerprint density at radius 1 is 0.923 bits per heavy atom. The van der Waals surface area contributed by atoms with Crippen LogP contribution in [0.2, 0.25) is 0 Å². The van der Waals surface area contributed by atoms with Crippen LogP contribution >= 0.6 is 0 Å². The first-order valence-electron chi connectivity index (χ1n) is 22.0. The Kier molecular flexibility index (Phi) is 11.2. The summed E-state index contributed by atoms with van der Waals surface area (Å²) < 4.78 is 56.5. The third-order valence-corrected chi connectivity index (χ3v) is 14.4. The molecule has 4 aliphatic rings. The lowest BCUT2D eigenvalue weighted by Crippen LogP contribution is -2.47. The summed E-state index contributed by atoms with van der Waals surface area (Å²) in [5, 5.41) is 15.8. The monoisotopic (exact) mass is 900 g/mol. The number of piperazine rings is 1. The van der Waals surface area contributed by atoms with Gasteiger partial charge in [-0.3, -0.25) is 14.9 Å². The third kappa shape index (κ3) is 8.58. The molecule has 0 bridgehead atoms. The van der Waals surface area contributed by atoms with E-state index in [0.717, 1.165) is 54.0 Å². The zero-order valence-electron chi connectivity index (χ0n) is 35.8.